The van der Waals surface area contributed by atoms with E-state index in [9.17, 15) is 4.79 Å². The van der Waals surface area contributed by atoms with Gasteiger partial charge in [-0.3, -0.25) is 9.63 Å². The molecule has 0 aromatic carbocycles. The third kappa shape index (κ3) is 7.81. The Hall–Kier alpha value is -0.0900. The van der Waals surface area contributed by atoms with E-state index in [4.69, 9.17) is 4.84 Å². The topological polar surface area (TPSA) is 38.3 Å². The average molecular weight is 224 g/mol. The molecule has 4 heteroatoms. The third-order valence-electron chi connectivity index (χ3n) is 0.924. The number of nitrogens with one attached hydrogen (secondary N) is 1. The van der Waals surface area contributed by atoms with Crippen LogP contribution in [0, 0.1) is 5.92 Å². The minimum Gasteiger partial charge on any atom is -0.273 e. The van der Waals surface area contributed by atoms with E-state index in [1.54, 1.807) is 0 Å². The Labute approximate surface area is 75.6 Å². The molecule has 0 aliphatic carbocycles. The Morgan fingerprint density at radius 2 is 2.27 bits per heavy atom. The van der Waals surface area contributed by atoms with Crippen molar-refractivity contribution in [1.82, 2.24) is 5.48 Å². The van der Waals surface area contributed by atoms with Crippen LogP contribution in [0.25, 0.3) is 0 Å². The highest BCUT2D eigenvalue weighted by molar-refractivity contribution is 9.09. The van der Waals surface area contributed by atoms with Gasteiger partial charge in [0.05, 0.1) is 6.61 Å². The van der Waals surface area contributed by atoms with E-state index in [-0.39, 0.29) is 5.91 Å². The number of amides is 1. The van der Waals surface area contributed by atoms with Crippen LogP contribution in [-0.2, 0) is 9.63 Å². The number of hydrogen-bond donors (Lipinski definition) is 1. The van der Waals surface area contributed by atoms with Crippen LogP contribution in [0.15, 0.2) is 0 Å². The fourth-order valence-electron chi connectivity index (χ4n) is 0.426. The van der Waals surface area contributed by atoms with Gasteiger partial charge in [0, 0.05) is 11.8 Å². The molecule has 1 N–H and O–H groups in total. The molecule has 0 saturated carbocycles. The van der Waals surface area contributed by atoms with Gasteiger partial charge in [-0.2, -0.15) is 0 Å². The summed E-state index contributed by atoms with van der Waals surface area (Å²) in [6.45, 7) is 4.61. The lowest BCUT2D eigenvalue weighted by Crippen LogP contribution is -2.25. The molecule has 0 rings (SSSR count). The second-order valence-electron chi connectivity index (χ2n) is 2.67. The largest absolute Gasteiger partial charge is 0.273 e. The van der Waals surface area contributed by atoms with Crippen LogP contribution in [0.2, 0.25) is 0 Å². The maximum absolute atomic E-state index is 10.8. The smallest absolute Gasteiger partial charge is 0.244 e. The molecule has 0 aliphatic rings. The summed E-state index contributed by atoms with van der Waals surface area (Å²) in [4.78, 5) is 15.6. The van der Waals surface area contributed by atoms with Gasteiger partial charge in [-0.25, -0.2) is 5.48 Å². The molecule has 0 saturated heterocycles. The van der Waals surface area contributed by atoms with Gasteiger partial charge in [0.2, 0.25) is 5.91 Å². The zero-order chi connectivity index (χ0) is 8.69. The van der Waals surface area contributed by atoms with Gasteiger partial charge in [0.25, 0.3) is 0 Å². The molecule has 0 bridgehead atoms. The second kappa shape index (κ2) is 6.61. The molecule has 0 heterocycles. The lowest BCUT2D eigenvalue weighted by atomic mass is 10.2. The van der Waals surface area contributed by atoms with E-state index in [0.29, 0.717) is 24.3 Å². The van der Waals surface area contributed by atoms with Crippen molar-refractivity contribution >= 4 is 21.8 Å². The molecule has 66 valence electrons. The van der Waals surface area contributed by atoms with E-state index >= 15 is 0 Å². The highest BCUT2D eigenvalue weighted by Crippen LogP contribution is 1.91. The zero-order valence-electron chi connectivity index (χ0n) is 6.89. The van der Waals surface area contributed by atoms with Gasteiger partial charge >= 0.3 is 0 Å². The molecule has 0 aromatic heterocycles. The standard InChI is InChI=1S/C7H14BrNO2/c1-6(2)5-11-9-7(10)3-4-8/h6H,3-5H2,1-2H3,(H,9,10). The monoisotopic (exact) mass is 223 g/mol. The van der Waals surface area contributed by atoms with Crippen molar-refractivity contribution < 1.29 is 9.63 Å². The Balaban J connectivity index is 3.17. The summed E-state index contributed by atoms with van der Waals surface area (Å²) < 4.78 is 0. The predicted molar refractivity (Wildman–Crippen MR) is 47.3 cm³/mol. The maximum atomic E-state index is 10.8. The quantitative estimate of drug-likeness (QED) is 0.567. The fourth-order valence-corrected chi connectivity index (χ4v) is 0.786. The van der Waals surface area contributed by atoms with Crippen LogP contribution >= 0.6 is 15.9 Å². The Kier molecular flexibility index (Phi) is 6.56. The molecule has 0 spiro atoms. The van der Waals surface area contributed by atoms with Crippen molar-refractivity contribution in [2.75, 3.05) is 11.9 Å². The first-order valence-electron chi connectivity index (χ1n) is 3.63. The molecule has 0 atom stereocenters. The average Bonchev–Trinajstić information content (AvgIpc) is 1.87. The summed E-state index contributed by atoms with van der Waals surface area (Å²) in [7, 11) is 0. The summed E-state index contributed by atoms with van der Waals surface area (Å²) in [5.74, 6) is 0.363. The van der Waals surface area contributed by atoms with E-state index in [1.807, 2.05) is 13.8 Å². The number of hydroxylamine groups is 1. The van der Waals surface area contributed by atoms with Crippen LogP contribution in [0.1, 0.15) is 20.3 Å². The minimum absolute atomic E-state index is 0.0810. The SMILES string of the molecule is CC(C)CONC(=O)CCBr. The second-order valence-corrected chi connectivity index (χ2v) is 3.46. The fraction of sp³-hybridized carbons (Fsp3) is 0.857. The lowest BCUT2D eigenvalue weighted by Gasteiger charge is -2.06. The lowest BCUT2D eigenvalue weighted by molar-refractivity contribution is -0.133. The number of rotatable bonds is 5. The van der Waals surface area contributed by atoms with Crippen LogP contribution in [-0.4, -0.2) is 17.8 Å². The van der Waals surface area contributed by atoms with Crippen molar-refractivity contribution in [2.24, 2.45) is 5.92 Å². The number of carbonyl (C=O) groups is 1. The third-order valence-corrected chi connectivity index (χ3v) is 1.32. The Morgan fingerprint density at radius 1 is 1.64 bits per heavy atom. The van der Waals surface area contributed by atoms with Crippen LogP contribution < -0.4 is 5.48 Å². The van der Waals surface area contributed by atoms with Crippen LogP contribution in [0.3, 0.4) is 0 Å². The molecule has 11 heavy (non-hydrogen) atoms. The summed E-state index contributed by atoms with van der Waals surface area (Å²) in [5, 5.41) is 0.671. The molecule has 0 fully saturated rings. The molecular formula is C7H14BrNO2. The first kappa shape index (κ1) is 10.9. The number of carbonyl (C=O) groups excluding carboxylic acids is 1. The highest BCUT2D eigenvalue weighted by Gasteiger charge is 1.99. The molecule has 3 nitrogen and oxygen atoms in total. The van der Waals surface area contributed by atoms with Crippen molar-refractivity contribution in [3.05, 3.63) is 0 Å². The van der Waals surface area contributed by atoms with Crippen molar-refractivity contribution in [1.29, 1.82) is 0 Å². The predicted octanol–water partition coefficient (Wildman–Crippen LogP) is 1.48. The van der Waals surface area contributed by atoms with Gasteiger partial charge in [-0.15, -0.1) is 0 Å². The molecule has 0 radical (unpaired) electrons. The highest BCUT2D eigenvalue weighted by atomic mass is 79.9. The van der Waals surface area contributed by atoms with Crippen LogP contribution in [0.5, 0.6) is 0 Å². The van der Waals surface area contributed by atoms with E-state index in [0.717, 1.165) is 0 Å². The Morgan fingerprint density at radius 3 is 2.73 bits per heavy atom. The van der Waals surface area contributed by atoms with Gasteiger partial charge in [0.15, 0.2) is 0 Å². The normalized spacial score (nSPS) is 10.2. The van der Waals surface area contributed by atoms with Crippen LogP contribution in [0.4, 0.5) is 0 Å². The molecular weight excluding hydrogens is 210 g/mol. The van der Waals surface area contributed by atoms with Crippen molar-refractivity contribution in [3.63, 3.8) is 0 Å². The number of alkyl halides is 1. The molecule has 0 aliphatic heterocycles. The molecule has 1 amide bonds. The first-order valence-corrected chi connectivity index (χ1v) is 4.75. The zero-order valence-corrected chi connectivity index (χ0v) is 8.48. The molecule has 0 unspecified atom stereocenters. The number of halogens is 1. The first-order chi connectivity index (χ1) is 5.16. The summed E-state index contributed by atoms with van der Waals surface area (Å²) >= 11 is 3.15. The van der Waals surface area contributed by atoms with Crippen molar-refractivity contribution in [2.45, 2.75) is 20.3 Å². The Bertz CT molecular complexity index is 117. The van der Waals surface area contributed by atoms with Gasteiger partial charge in [-0.1, -0.05) is 29.8 Å². The van der Waals surface area contributed by atoms with E-state index in [2.05, 4.69) is 21.4 Å². The van der Waals surface area contributed by atoms with E-state index < -0.39 is 0 Å². The summed E-state index contributed by atoms with van der Waals surface area (Å²) in [5.41, 5.74) is 2.35. The van der Waals surface area contributed by atoms with Gasteiger partial charge in [-0.05, 0) is 5.92 Å². The van der Waals surface area contributed by atoms with Crippen molar-refractivity contribution in [3.8, 4) is 0 Å². The summed E-state index contributed by atoms with van der Waals surface area (Å²) in [6.07, 6.45) is 0.456. The maximum Gasteiger partial charge on any atom is 0.244 e. The molecule has 0 aromatic rings. The summed E-state index contributed by atoms with van der Waals surface area (Å²) in [6, 6.07) is 0. The minimum atomic E-state index is -0.0810. The van der Waals surface area contributed by atoms with Gasteiger partial charge in [0.1, 0.15) is 0 Å². The van der Waals surface area contributed by atoms with Gasteiger partial charge < -0.3 is 0 Å². The number of hydrogen-bond acceptors (Lipinski definition) is 2. The van der Waals surface area contributed by atoms with E-state index in [1.165, 1.54) is 0 Å².